The van der Waals surface area contributed by atoms with Gasteiger partial charge in [-0.1, -0.05) is 42.0 Å². The van der Waals surface area contributed by atoms with Gasteiger partial charge in [0.2, 0.25) is 0 Å². The molecule has 0 saturated carbocycles. The van der Waals surface area contributed by atoms with Crippen molar-refractivity contribution in [2.75, 3.05) is 13.1 Å². The van der Waals surface area contributed by atoms with Gasteiger partial charge in [0.05, 0.1) is 0 Å². The second-order valence-electron chi connectivity index (χ2n) is 6.27. The third kappa shape index (κ3) is 3.95. The lowest BCUT2D eigenvalue weighted by Gasteiger charge is -2.27. The van der Waals surface area contributed by atoms with Crippen molar-refractivity contribution in [1.29, 1.82) is 0 Å². The highest BCUT2D eigenvalue weighted by Crippen LogP contribution is 2.22. The zero-order valence-corrected chi connectivity index (χ0v) is 14.2. The predicted molar refractivity (Wildman–Crippen MR) is 95.2 cm³/mol. The average molecular weight is 324 g/mol. The molecular formula is C20H24N2O2. The maximum atomic E-state index is 12.3. The first-order valence-electron chi connectivity index (χ1n) is 8.45. The van der Waals surface area contributed by atoms with Gasteiger partial charge in [-0.3, -0.25) is 4.79 Å². The molecule has 0 saturated heterocycles. The van der Waals surface area contributed by atoms with E-state index >= 15 is 0 Å². The van der Waals surface area contributed by atoms with E-state index in [1.807, 2.05) is 37.3 Å². The van der Waals surface area contributed by atoms with Crippen LogP contribution in [0, 0.1) is 6.92 Å². The molecule has 126 valence electrons. The summed E-state index contributed by atoms with van der Waals surface area (Å²) in [5.74, 6) is 0.616. The molecule has 24 heavy (non-hydrogen) atoms. The van der Waals surface area contributed by atoms with Gasteiger partial charge in [-0.25, -0.2) is 0 Å². The van der Waals surface area contributed by atoms with Crippen LogP contribution in [0.2, 0.25) is 0 Å². The van der Waals surface area contributed by atoms with Crippen molar-refractivity contribution >= 4 is 5.91 Å². The number of rotatable bonds is 5. The molecule has 2 aromatic carbocycles. The fourth-order valence-electron chi connectivity index (χ4n) is 3.00. The number of ether oxygens (including phenoxy) is 1. The van der Waals surface area contributed by atoms with Crippen LogP contribution in [0.15, 0.2) is 48.5 Å². The molecule has 2 N–H and O–H groups in total. The molecule has 2 unspecified atom stereocenters. The van der Waals surface area contributed by atoms with Crippen LogP contribution in [0.5, 0.6) is 5.75 Å². The number of amides is 1. The van der Waals surface area contributed by atoms with E-state index in [-0.39, 0.29) is 11.9 Å². The number of hydrogen-bond acceptors (Lipinski definition) is 3. The summed E-state index contributed by atoms with van der Waals surface area (Å²) in [7, 11) is 0. The lowest BCUT2D eigenvalue weighted by atomic mass is 9.94. The highest BCUT2D eigenvalue weighted by atomic mass is 16.5. The number of hydrogen-bond donors (Lipinski definition) is 2. The van der Waals surface area contributed by atoms with Gasteiger partial charge in [0.25, 0.3) is 5.91 Å². The Kier molecular flexibility index (Phi) is 5.16. The Labute approximate surface area is 143 Å². The quantitative estimate of drug-likeness (QED) is 0.889. The van der Waals surface area contributed by atoms with E-state index in [1.165, 1.54) is 16.7 Å². The number of fused-ring (bicyclic) bond motifs is 1. The third-order valence-electron chi connectivity index (χ3n) is 4.40. The molecule has 0 bridgehead atoms. The Bertz CT molecular complexity index is 697. The number of aryl methyl sites for hydroxylation is 1. The van der Waals surface area contributed by atoms with Crippen molar-refractivity contribution in [2.45, 2.75) is 32.4 Å². The van der Waals surface area contributed by atoms with Gasteiger partial charge in [-0.15, -0.1) is 0 Å². The summed E-state index contributed by atoms with van der Waals surface area (Å²) < 4.78 is 5.71. The van der Waals surface area contributed by atoms with Crippen LogP contribution < -0.4 is 15.4 Å². The van der Waals surface area contributed by atoms with Crippen molar-refractivity contribution in [3.8, 4) is 5.75 Å². The summed E-state index contributed by atoms with van der Waals surface area (Å²) in [5, 5.41) is 6.47. The van der Waals surface area contributed by atoms with E-state index in [0.29, 0.717) is 12.3 Å². The third-order valence-corrected chi connectivity index (χ3v) is 4.40. The maximum absolute atomic E-state index is 12.3. The SMILES string of the molecule is Cc1ccc(OC(C)C(=O)NCC2NCCc3ccccc32)cc1. The van der Waals surface area contributed by atoms with E-state index in [0.717, 1.165) is 13.0 Å². The number of benzene rings is 2. The molecule has 2 aromatic rings. The summed E-state index contributed by atoms with van der Waals surface area (Å²) >= 11 is 0. The maximum Gasteiger partial charge on any atom is 0.260 e. The summed E-state index contributed by atoms with van der Waals surface area (Å²) in [6.45, 7) is 5.30. The van der Waals surface area contributed by atoms with Crippen LogP contribution in [0.4, 0.5) is 0 Å². The number of carbonyl (C=O) groups excluding carboxylic acids is 1. The van der Waals surface area contributed by atoms with Crippen LogP contribution in [0.25, 0.3) is 0 Å². The second-order valence-corrected chi connectivity index (χ2v) is 6.27. The van der Waals surface area contributed by atoms with Gasteiger partial charge in [0.15, 0.2) is 6.10 Å². The second kappa shape index (κ2) is 7.49. The van der Waals surface area contributed by atoms with Gasteiger partial charge < -0.3 is 15.4 Å². The molecule has 3 rings (SSSR count). The lowest BCUT2D eigenvalue weighted by Crippen LogP contribution is -2.43. The van der Waals surface area contributed by atoms with Crippen molar-refractivity contribution in [1.82, 2.24) is 10.6 Å². The van der Waals surface area contributed by atoms with E-state index in [9.17, 15) is 4.79 Å². The van der Waals surface area contributed by atoms with Crippen molar-refractivity contribution in [3.63, 3.8) is 0 Å². The van der Waals surface area contributed by atoms with Gasteiger partial charge in [-0.2, -0.15) is 0 Å². The van der Waals surface area contributed by atoms with E-state index < -0.39 is 6.10 Å². The average Bonchev–Trinajstić information content (AvgIpc) is 2.61. The van der Waals surface area contributed by atoms with Gasteiger partial charge in [0.1, 0.15) is 5.75 Å². The van der Waals surface area contributed by atoms with Gasteiger partial charge in [-0.05, 0) is 50.1 Å². The lowest BCUT2D eigenvalue weighted by molar-refractivity contribution is -0.127. The summed E-state index contributed by atoms with van der Waals surface area (Å²) in [5.41, 5.74) is 3.80. The molecule has 4 heteroatoms. The molecule has 2 atom stereocenters. The topological polar surface area (TPSA) is 50.4 Å². The Balaban J connectivity index is 1.55. The van der Waals surface area contributed by atoms with Crippen LogP contribution in [0.1, 0.15) is 29.7 Å². The highest BCUT2D eigenvalue weighted by molar-refractivity contribution is 5.80. The molecule has 0 aliphatic carbocycles. The molecule has 0 aromatic heterocycles. The molecular weight excluding hydrogens is 300 g/mol. The Morgan fingerprint density at radius 3 is 2.79 bits per heavy atom. The van der Waals surface area contributed by atoms with Gasteiger partial charge >= 0.3 is 0 Å². The predicted octanol–water partition coefficient (Wildman–Crippen LogP) is 2.77. The fourth-order valence-corrected chi connectivity index (χ4v) is 3.00. The zero-order chi connectivity index (χ0) is 16.9. The molecule has 0 fully saturated rings. The first kappa shape index (κ1) is 16.5. The Morgan fingerprint density at radius 1 is 1.25 bits per heavy atom. The minimum absolute atomic E-state index is 0.0968. The number of nitrogens with one attached hydrogen (secondary N) is 2. The largest absolute Gasteiger partial charge is 0.481 e. The van der Waals surface area contributed by atoms with Crippen LogP contribution in [-0.2, 0) is 11.2 Å². The minimum atomic E-state index is -0.522. The van der Waals surface area contributed by atoms with Crippen LogP contribution in [0.3, 0.4) is 0 Å². The first-order chi connectivity index (χ1) is 11.6. The summed E-state index contributed by atoms with van der Waals surface area (Å²) in [6, 6.07) is 16.3. The van der Waals surface area contributed by atoms with Crippen molar-refractivity contribution < 1.29 is 9.53 Å². The molecule has 1 aliphatic rings. The Morgan fingerprint density at radius 2 is 2.00 bits per heavy atom. The normalized spacial score (nSPS) is 17.7. The van der Waals surface area contributed by atoms with E-state index in [1.54, 1.807) is 6.92 Å². The van der Waals surface area contributed by atoms with Crippen LogP contribution >= 0.6 is 0 Å². The highest BCUT2D eigenvalue weighted by Gasteiger charge is 2.21. The fraction of sp³-hybridized carbons (Fsp3) is 0.350. The standard InChI is InChI=1S/C20H24N2O2/c1-14-7-9-17(10-8-14)24-15(2)20(23)22-13-19-18-6-4-3-5-16(18)11-12-21-19/h3-10,15,19,21H,11-13H2,1-2H3,(H,22,23). The Hall–Kier alpha value is -2.33. The van der Waals surface area contributed by atoms with Gasteiger partial charge in [0, 0.05) is 12.6 Å². The molecule has 0 radical (unpaired) electrons. The molecule has 1 amide bonds. The monoisotopic (exact) mass is 324 g/mol. The smallest absolute Gasteiger partial charge is 0.260 e. The van der Waals surface area contributed by atoms with Crippen molar-refractivity contribution in [2.24, 2.45) is 0 Å². The number of carbonyl (C=O) groups is 1. The van der Waals surface area contributed by atoms with Crippen molar-refractivity contribution in [3.05, 3.63) is 65.2 Å². The minimum Gasteiger partial charge on any atom is -0.481 e. The summed E-state index contributed by atoms with van der Waals surface area (Å²) in [4.78, 5) is 12.3. The molecule has 4 nitrogen and oxygen atoms in total. The van der Waals surface area contributed by atoms with Crippen LogP contribution in [-0.4, -0.2) is 25.1 Å². The first-order valence-corrected chi connectivity index (χ1v) is 8.45. The van der Waals surface area contributed by atoms with E-state index in [4.69, 9.17) is 4.74 Å². The zero-order valence-electron chi connectivity index (χ0n) is 14.2. The molecule has 0 spiro atoms. The van der Waals surface area contributed by atoms with E-state index in [2.05, 4.69) is 28.8 Å². The summed E-state index contributed by atoms with van der Waals surface area (Å²) in [6.07, 6.45) is 0.514. The molecule has 1 aliphatic heterocycles. The molecule has 1 heterocycles.